The van der Waals surface area contributed by atoms with E-state index in [1.807, 2.05) is 13.0 Å². The number of sulfonamides is 1. The number of ether oxygens (including phenoxy) is 1. The zero-order chi connectivity index (χ0) is 19.3. The van der Waals surface area contributed by atoms with E-state index in [-0.39, 0.29) is 29.5 Å². The number of halogens is 1. The average molecular weight is 397 g/mol. The lowest BCUT2D eigenvalue weighted by atomic mass is 10.2. The summed E-state index contributed by atoms with van der Waals surface area (Å²) in [5.74, 6) is 0.250. The Morgan fingerprint density at radius 2 is 1.92 bits per heavy atom. The largest absolute Gasteiger partial charge is 0.492 e. The van der Waals surface area contributed by atoms with Gasteiger partial charge in [0.2, 0.25) is 10.0 Å². The first-order valence-corrected chi connectivity index (χ1v) is 9.73. The Morgan fingerprint density at radius 3 is 2.58 bits per heavy atom. The second-order valence-corrected chi connectivity index (χ2v) is 8.39. The molecule has 0 aliphatic rings. The minimum atomic E-state index is -3.59. The van der Waals surface area contributed by atoms with Crippen LogP contribution in [-0.4, -0.2) is 45.9 Å². The highest BCUT2D eigenvalue weighted by Crippen LogP contribution is 2.21. The van der Waals surface area contributed by atoms with Gasteiger partial charge < -0.3 is 10.1 Å². The molecule has 0 aliphatic heterocycles. The van der Waals surface area contributed by atoms with Gasteiger partial charge in [0, 0.05) is 24.7 Å². The SMILES string of the molecule is Cc1ccc(OCCNC(=O)c2cccc(S(=O)(=O)N(C)C)c2)cc1Cl. The van der Waals surface area contributed by atoms with E-state index >= 15 is 0 Å². The third-order valence-electron chi connectivity index (χ3n) is 3.67. The van der Waals surface area contributed by atoms with Crippen LogP contribution in [0.2, 0.25) is 5.02 Å². The van der Waals surface area contributed by atoms with E-state index < -0.39 is 10.0 Å². The van der Waals surface area contributed by atoms with Crippen molar-refractivity contribution in [1.82, 2.24) is 9.62 Å². The number of aryl methyl sites for hydroxylation is 1. The molecule has 0 fully saturated rings. The summed E-state index contributed by atoms with van der Waals surface area (Å²) in [7, 11) is -0.703. The summed E-state index contributed by atoms with van der Waals surface area (Å²) in [5.41, 5.74) is 1.23. The molecule has 8 heteroatoms. The fourth-order valence-corrected chi connectivity index (χ4v) is 3.23. The van der Waals surface area contributed by atoms with Crippen LogP contribution in [0.4, 0.5) is 0 Å². The molecule has 0 aromatic heterocycles. The van der Waals surface area contributed by atoms with Crippen LogP contribution in [0.1, 0.15) is 15.9 Å². The summed E-state index contributed by atoms with van der Waals surface area (Å²) in [4.78, 5) is 12.3. The number of amides is 1. The topological polar surface area (TPSA) is 75.7 Å². The first-order chi connectivity index (χ1) is 12.2. The fraction of sp³-hybridized carbons (Fsp3) is 0.278. The summed E-state index contributed by atoms with van der Waals surface area (Å²) < 4.78 is 30.9. The maximum absolute atomic E-state index is 12.2. The monoisotopic (exact) mass is 396 g/mol. The Kier molecular flexibility index (Phi) is 6.63. The zero-order valence-corrected chi connectivity index (χ0v) is 16.4. The molecular formula is C18H21ClN2O4S. The number of nitrogens with zero attached hydrogens (tertiary/aromatic N) is 1. The molecule has 0 saturated carbocycles. The van der Waals surface area contributed by atoms with Crippen LogP contribution in [0.25, 0.3) is 0 Å². The van der Waals surface area contributed by atoms with Gasteiger partial charge in [-0.3, -0.25) is 4.79 Å². The van der Waals surface area contributed by atoms with E-state index in [0.29, 0.717) is 10.8 Å². The van der Waals surface area contributed by atoms with Crippen LogP contribution < -0.4 is 10.1 Å². The normalized spacial score (nSPS) is 11.4. The summed E-state index contributed by atoms with van der Waals surface area (Å²) >= 11 is 6.03. The lowest BCUT2D eigenvalue weighted by Crippen LogP contribution is -2.28. The standard InChI is InChI=1S/C18H21ClN2O4S/c1-13-7-8-15(12-17(13)19)25-10-9-20-18(22)14-5-4-6-16(11-14)26(23,24)21(2)3/h4-8,11-12H,9-10H2,1-3H3,(H,20,22). The molecule has 2 aromatic rings. The number of rotatable bonds is 7. The van der Waals surface area contributed by atoms with Gasteiger partial charge in [-0.05, 0) is 42.8 Å². The quantitative estimate of drug-likeness (QED) is 0.730. The third kappa shape index (κ3) is 4.97. The Hall–Kier alpha value is -2.09. The van der Waals surface area contributed by atoms with Crippen molar-refractivity contribution in [2.45, 2.75) is 11.8 Å². The van der Waals surface area contributed by atoms with Crippen molar-refractivity contribution in [1.29, 1.82) is 0 Å². The average Bonchev–Trinajstić information content (AvgIpc) is 2.61. The Balaban J connectivity index is 1.93. The van der Waals surface area contributed by atoms with E-state index in [0.717, 1.165) is 9.87 Å². The lowest BCUT2D eigenvalue weighted by Gasteiger charge is -2.12. The summed E-state index contributed by atoms with van der Waals surface area (Å²) in [6, 6.07) is 11.3. The maximum atomic E-state index is 12.2. The van der Waals surface area contributed by atoms with Crippen molar-refractivity contribution in [3.63, 3.8) is 0 Å². The molecule has 0 bridgehead atoms. The van der Waals surface area contributed by atoms with E-state index in [2.05, 4.69) is 5.32 Å². The second kappa shape index (κ2) is 8.53. The number of nitrogens with one attached hydrogen (secondary N) is 1. The predicted molar refractivity (Wildman–Crippen MR) is 101 cm³/mol. The highest BCUT2D eigenvalue weighted by atomic mass is 35.5. The third-order valence-corrected chi connectivity index (χ3v) is 5.89. The van der Waals surface area contributed by atoms with Crippen molar-refractivity contribution >= 4 is 27.5 Å². The van der Waals surface area contributed by atoms with Crippen LogP contribution in [0.15, 0.2) is 47.4 Å². The Bertz CT molecular complexity index is 898. The first-order valence-electron chi connectivity index (χ1n) is 7.91. The molecular weight excluding hydrogens is 376 g/mol. The van der Waals surface area contributed by atoms with E-state index in [1.165, 1.54) is 32.3 Å². The molecule has 0 saturated heterocycles. The first kappa shape index (κ1) is 20.2. The van der Waals surface area contributed by atoms with Crippen LogP contribution >= 0.6 is 11.6 Å². The molecule has 0 unspecified atom stereocenters. The van der Waals surface area contributed by atoms with Crippen molar-refractivity contribution in [3.8, 4) is 5.75 Å². The molecule has 2 rings (SSSR count). The van der Waals surface area contributed by atoms with Crippen LogP contribution in [0.3, 0.4) is 0 Å². The second-order valence-electron chi connectivity index (χ2n) is 5.83. The van der Waals surface area contributed by atoms with Gasteiger partial charge in [-0.2, -0.15) is 0 Å². The molecule has 0 heterocycles. The number of hydrogen-bond acceptors (Lipinski definition) is 4. The van der Waals surface area contributed by atoms with E-state index in [9.17, 15) is 13.2 Å². The molecule has 1 N–H and O–H groups in total. The van der Waals surface area contributed by atoms with Crippen molar-refractivity contribution in [2.24, 2.45) is 0 Å². The van der Waals surface area contributed by atoms with Gasteiger partial charge in [-0.15, -0.1) is 0 Å². The number of carbonyl (C=O) groups is 1. The Morgan fingerprint density at radius 1 is 1.19 bits per heavy atom. The zero-order valence-electron chi connectivity index (χ0n) is 14.8. The molecule has 0 radical (unpaired) electrons. The molecule has 0 spiro atoms. The van der Waals surface area contributed by atoms with Gasteiger partial charge in [0.05, 0.1) is 11.4 Å². The summed E-state index contributed by atoms with van der Waals surface area (Å²) in [5, 5.41) is 3.31. The molecule has 0 atom stereocenters. The van der Waals surface area contributed by atoms with Gasteiger partial charge in [0.15, 0.2) is 0 Å². The van der Waals surface area contributed by atoms with Crippen LogP contribution in [-0.2, 0) is 10.0 Å². The Labute approximate surface area is 158 Å². The molecule has 26 heavy (non-hydrogen) atoms. The number of carbonyl (C=O) groups excluding carboxylic acids is 1. The van der Waals surface area contributed by atoms with E-state index in [1.54, 1.807) is 18.2 Å². The number of benzene rings is 2. The van der Waals surface area contributed by atoms with Crippen molar-refractivity contribution in [2.75, 3.05) is 27.2 Å². The van der Waals surface area contributed by atoms with Gasteiger partial charge in [-0.1, -0.05) is 23.7 Å². The molecule has 6 nitrogen and oxygen atoms in total. The minimum Gasteiger partial charge on any atom is -0.492 e. The fourth-order valence-electron chi connectivity index (χ4n) is 2.11. The lowest BCUT2D eigenvalue weighted by molar-refractivity contribution is 0.0947. The van der Waals surface area contributed by atoms with Gasteiger partial charge in [-0.25, -0.2) is 12.7 Å². The predicted octanol–water partition coefficient (Wildman–Crippen LogP) is 2.71. The van der Waals surface area contributed by atoms with Gasteiger partial charge >= 0.3 is 0 Å². The summed E-state index contributed by atoms with van der Waals surface area (Å²) in [6.07, 6.45) is 0. The molecule has 140 valence electrons. The van der Waals surface area contributed by atoms with Crippen molar-refractivity contribution < 1.29 is 17.9 Å². The highest BCUT2D eigenvalue weighted by Gasteiger charge is 2.18. The summed E-state index contributed by atoms with van der Waals surface area (Å²) in [6.45, 7) is 2.44. The highest BCUT2D eigenvalue weighted by molar-refractivity contribution is 7.89. The van der Waals surface area contributed by atoms with E-state index in [4.69, 9.17) is 16.3 Å². The number of hydrogen-bond donors (Lipinski definition) is 1. The van der Waals surface area contributed by atoms with Crippen LogP contribution in [0, 0.1) is 6.92 Å². The molecule has 2 aromatic carbocycles. The maximum Gasteiger partial charge on any atom is 0.251 e. The smallest absolute Gasteiger partial charge is 0.251 e. The van der Waals surface area contributed by atoms with Crippen LogP contribution in [0.5, 0.6) is 5.75 Å². The molecule has 0 aliphatic carbocycles. The van der Waals surface area contributed by atoms with Crippen molar-refractivity contribution in [3.05, 3.63) is 58.6 Å². The van der Waals surface area contributed by atoms with Gasteiger partial charge in [0.1, 0.15) is 12.4 Å². The molecule has 1 amide bonds. The minimum absolute atomic E-state index is 0.0701. The van der Waals surface area contributed by atoms with Gasteiger partial charge in [0.25, 0.3) is 5.91 Å².